The second-order valence-corrected chi connectivity index (χ2v) is 8.84. The molecule has 0 bridgehead atoms. The second-order valence-electron chi connectivity index (χ2n) is 8.40. The fraction of sp³-hybridized carbons (Fsp3) is 0.478. The number of carbonyl (C=O) groups excluding carboxylic acids is 1. The van der Waals surface area contributed by atoms with E-state index in [4.69, 9.17) is 21.1 Å². The summed E-state index contributed by atoms with van der Waals surface area (Å²) in [5.41, 5.74) is 1.34. The van der Waals surface area contributed by atoms with Gasteiger partial charge in [0, 0.05) is 28.7 Å². The van der Waals surface area contributed by atoms with Crippen LogP contribution >= 0.6 is 11.6 Å². The largest absolute Gasteiger partial charge is 0.493 e. The Kier molecular flexibility index (Phi) is 6.25. The Balaban J connectivity index is 1.48. The molecule has 1 aliphatic carbocycles. The smallest absolute Gasteiger partial charge is 0.320 e. The first kappa shape index (κ1) is 21.7. The number of pyridine rings is 1. The number of amides is 2. The van der Waals surface area contributed by atoms with E-state index >= 15 is 0 Å². The van der Waals surface area contributed by atoms with Crippen LogP contribution in [0, 0.1) is 0 Å². The molecular formula is C23H29ClN4O3. The Morgan fingerprint density at radius 1 is 1.19 bits per heavy atom. The van der Waals surface area contributed by atoms with Crippen LogP contribution in [0.25, 0.3) is 0 Å². The molecule has 4 rings (SSSR count). The highest BCUT2D eigenvalue weighted by atomic mass is 35.5. The van der Waals surface area contributed by atoms with E-state index in [1.807, 2.05) is 6.07 Å². The number of fused-ring (bicyclic) bond motifs is 1. The number of halogens is 1. The number of nitrogens with zero attached hydrogens (tertiary/aromatic N) is 2. The summed E-state index contributed by atoms with van der Waals surface area (Å²) < 4.78 is 11.0. The predicted molar refractivity (Wildman–Crippen MR) is 121 cm³/mol. The molecule has 2 aromatic rings. The minimum absolute atomic E-state index is 0.0530. The van der Waals surface area contributed by atoms with Gasteiger partial charge in [-0.05, 0) is 69.1 Å². The molecule has 1 saturated heterocycles. The normalized spacial score (nSPS) is 25.5. The van der Waals surface area contributed by atoms with Gasteiger partial charge in [0.1, 0.15) is 5.82 Å². The lowest BCUT2D eigenvalue weighted by Gasteiger charge is -2.45. The Morgan fingerprint density at radius 2 is 2.00 bits per heavy atom. The monoisotopic (exact) mass is 444 g/mol. The van der Waals surface area contributed by atoms with Crippen molar-refractivity contribution in [2.75, 3.05) is 33.1 Å². The summed E-state index contributed by atoms with van der Waals surface area (Å²) in [4.78, 5) is 19.1. The van der Waals surface area contributed by atoms with Crippen molar-refractivity contribution >= 4 is 23.4 Å². The molecule has 1 aromatic carbocycles. The number of anilines is 1. The van der Waals surface area contributed by atoms with Crippen molar-refractivity contribution in [3.63, 3.8) is 0 Å². The van der Waals surface area contributed by atoms with E-state index in [2.05, 4.69) is 39.7 Å². The zero-order valence-corrected chi connectivity index (χ0v) is 18.9. The lowest BCUT2D eigenvalue weighted by molar-refractivity contribution is 0.156. The van der Waals surface area contributed by atoms with Gasteiger partial charge in [-0.25, -0.2) is 9.78 Å². The van der Waals surface area contributed by atoms with Gasteiger partial charge in [-0.3, -0.25) is 5.32 Å². The number of benzene rings is 1. The molecular weight excluding hydrogens is 416 g/mol. The third-order valence-corrected chi connectivity index (χ3v) is 7.02. The molecule has 2 aliphatic rings. The number of rotatable bonds is 5. The lowest BCUT2D eigenvalue weighted by atomic mass is 9.65. The van der Waals surface area contributed by atoms with E-state index < -0.39 is 0 Å². The Bertz CT molecular complexity index is 956. The molecule has 3 atom stereocenters. The first-order valence-corrected chi connectivity index (χ1v) is 10.9. The summed E-state index contributed by atoms with van der Waals surface area (Å²) in [6, 6.07) is 9.78. The van der Waals surface area contributed by atoms with Crippen LogP contribution in [-0.4, -0.2) is 55.8 Å². The molecule has 1 saturated carbocycles. The maximum absolute atomic E-state index is 12.5. The van der Waals surface area contributed by atoms with Crippen molar-refractivity contribution in [1.82, 2.24) is 15.2 Å². The minimum atomic E-state index is -0.251. The van der Waals surface area contributed by atoms with Crippen LogP contribution in [0.2, 0.25) is 5.02 Å². The van der Waals surface area contributed by atoms with Gasteiger partial charge in [-0.1, -0.05) is 17.7 Å². The zero-order chi connectivity index (χ0) is 22.0. The van der Waals surface area contributed by atoms with Crippen molar-refractivity contribution in [1.29, 1.82) is 0 Å². The van der Waals surface area contributed by atoms with Gasteiger partial charge in [0.2, 0.25) is 0 Å². The minimum Gasteiger partial charge on any atom is -0.493 e. The number of likely N-dealkylation sites (tertiary alicyclic amines) is 1. The van der Waals surface area contributed by atoms with Gasteiger partial charge < -0.3 is 19.7 Å². The molecule has 1 aromatic heterocycles. The first-order chi connectivity index (χ1) is 14.9. The Morgan fingerprint density at radius 3 is 2.74 bits per heavy atom. The summed E-state index contributed by atoms with van der Waals surface area (Å²) in [5, 5.41) is 6.44. The summed E-state index contributed by atoms with van der Waals surface area (Å²) in [7, 11) is 5.50. The van der Waals surface area contributed by atoms with Gasteiger partial charge in [-0.2, -0.15) is 0 Å². The number of ether oxygens (including phenoxy) is 2. The third kappa shape index (κ3) is 4.29. The molecule has 0 radical (unpaired) electrons. The van der Waals surface area contributed by atoms with Crippen LogP contribution in [0.15, 0.2) is 36.5 Å². The summed E-state index contributed by atoms with van der Waals surface area (Å²) in [5.74, 6) is 1.95. The van der Waals surface area contributed by atoms with Gasteiger partial charge in [-0.15, -0.1) is 0 Å². The number of hydrogen-bond donors (Lipinski definition) is 2. The highest BCUT2D eigenvalue weighted by Crippen LogP contribution is 2.49. The fourth-order valence-corrected chi connectivity index (χ4v) is 5.37. The molecule has 0 unspecified atom stereocenters. The van der Waals surface area contributed by atoms with Gasteiger partial charge in [0.15, 0.2) is 11.5 Å². The van der Waals surface area contributed by atoms with Gasteiger partial charge >= 0.3 is 6.03 Å². The molecule has 2 amide bonds. The molecule has 2 N–H and O–H groups in total. The van der Waals surface area contributed by atoms with Crippen molar-refractivity contribution in [2.45, 2.75) is 43.2 Å². The topological polar surface area (TPSA) is 75.7 Å². The molecule has 0 spiro atoms. The molecule has 1 aliphatic heterocycles. The molecule has 2 fully saturated rings. The highest BCUT2D eigenvalue weighted by Gasteiger charge is 2.50. The SMILES string of the molecule is COc1ccc([C@@]23CC[C@@H](NC(=O)Nc4cc(Cl)ccn4)C[C@@H]2N(C)CC3)cc1OC. The lowest BCUT2D eigenvalue weighted by Crippen LogP contribution is -2.52. The maximum atomic E-state index is 12.5. The summed E-state index contributed by atoms with van der Waals surface area (Å²) in [6.07, 6.45) is 5.46. The predicted octanol–water partition coefficient (Wildman–Crippen LogP) is 4.07. The molecule has 2 heterocycles. The number of nitrogens with one attached hydrogen (secondary N) is 2. The van der Waals surface area contributed by atoms with Crippen LogP contribution in [0.5, 0.6) is 11.5 Å². The third-order valence-electron chi connectivity index (χ3n) is 6.78. The van der Waals surface area contributed by atoms with Crippen molar-refractivity contribution in [2.24, 2.45) is 0 Å². The van der Waals surface area contributed by atoms with E-state index in [0.29, 0.717) is 16.9 Å². The summed E-state index contributed by atoms with van der Waals surface area (Å²) in [6.45, 7) is 1.03. The van der Waals surface area contributed by atoms with Crippen molar-refractivity contribution < 1.29 is 14.3 Å². The van der Waals surface area contributed by atoms with Gasteiger partial charge in [0.05, 0.1) is 14.2 Å². The van der Waals surface area contributed by atoms with Gasteiger partial charge in [0.25, 0.3) is 0 Å². The molecule has 31 heavy (non-hydrogen) atoms. The summed E-state index contributed by atoms with van der Waals surface area (Å²) >= 11 is 5.98. The van der Waals surface area contributed by atoms with E-state index in [0.717, 1.165) is 43.7 Å². The Hall–Kier alpha value is -2.51. The quantitative estimate of drug-likeness (QED) is 0.727. The molecule has 8 heteroatoms. The van der Waals surface area contributed by atoms with E-state index in [-0.39, 0.29) is 17.5 Å². The van der Waals surface area contributed by atoms with E-state index in [9.17, 15) is 4.79 Å². The zero-order valence-electron chi connectivity index (χ0n) is 18.2. The average Bonchev–Trinajstić information content (AvgIpc) is 3.10. The number of methoxy groups -OCH3 is 2. The average molecular weight is 445 g/mol. The standard InChI is InChI=1S/C23H29ClN4O3/c1-28-11-9-23(15-4-5-18(30-2)19(12-15)31-3)8-6-17(14-20(23)28)26-22(29)27-21-13-16(24)7-10-25-21/h4-5,7,10,12-13,17,20H,6,8-9,11,14H2,1-3H3,(H2,25,26,27,29)/t17-,20+,23+/m1/s1. The number of urea groups is 1. The second kappa shape index (κ2) is 8.93. The maximum Gasteiger partial charge on any atom is 0.320 e. The van der Waals surface area contributed by atoms with Crippen LogP contribution in [0.3, 0.4) is 0 Å². The number of likely N-dealkylation sites (N-methyl/N-ethyl adjacent to an activating group) is 1. The van der Waals surface area contributed by atoms with Crippen LogP contribution in [-0.2, 0) is 5.41 Å². The molecule has 166 valence electrons. The van der Waals surface area contributed by atoms with Crippen molar-refractivity contribution in [3.8, 4) is 11.5 Å². The van der Waals surface area contributed by atoms with E-state index in [1.165, 1.54) is 5.56 Å². The first-order valence-electron chi connectivity index (χ1n) is 10.6. The highest BCUT2D eigenvalue weighted by molar-refractivity contribution is 6.30. The number of aromatic nitrogens is 1. The van der Waals surface area contributed by atoms with Crippen molar-refractivity contribution in [3.05, 3.63) is 47.1 Å². The van der Waals surface area contributed by atoms with Crippen LogP contribution in [0.1, 0.15) is 31.2 Å². The fourth-order valence-electron chi connectivity index (χ4n) is 5.21. The molecule has 7 nitrogen and oxygen atoms in total. The number of hydrogen-bond acceptors (Lipinski definition) is 5. The van der Waals surface area contributed by atoms with E-state index in [1.54, 1.807) is 32.5 Å². The van der Waals surface area contributed by atoms with Crippen LogP contribution in [0.4, 0.5) is 10.6 Å². The van der Waals surface area contributed by atoms with Crippen LogP contribution < -0.4 is 20.1 Å². The Labute approximate surface area is 188 Å². The number of carbonyl (C=O) groups is 1.